The molecule has 0 saturated heterocycles. The second-order valence-electron chi connectivity index (χ2n) is 3.17. The van der Waals surface area contributed by atoms with Crippen LogP contribution in [0.5, 0.6) is 5.75 Å². The first-order chi connectivity index (χ1) is 7.65. The van der Waals surface area contributed by atoms with E-state index >= 15 is 0 Å². The molecule has 0 aromatic heterocycles. The summed E-state index contributed by atoms with van der Waals surface area (Å²) in [4.78, 5) is 2.05. The van der Waals surface area contributed by atoms with E-state index in [-0.39, 0.29) is 5.75 Å². The van der Waals surface area contributed by atoms with Crippen LogP contribution in [-0.4, -0.2) is 5.11 Å². The Kier molecular flexibility index (Phi) is 3.64. The second kappa shape index (κ2) is 5.00. The number of hydrogen-bond donors (Lipinski definition) is 1. The van der Waals surface area contributed by atoms with Gasteiger partial charge in [-0.2, -0.15) is 0 Å². The van der Waals surface area contributed by atoms with Crippen LogP contribution in [0.15, 0.2) is 52.3 Å². The lowest BCUT2D eigenvalue weighted by atomic mass is 10.3. The van der Waals surface area contributed by atoms with Gasteiger partial charge in [-0.25, -0.2) is 0 Å². The van der Waals surface area contributed by atoms with Crippen molar-refractivity contribution in [3.63, 3.8) is 0 Å². The molecular weight excluding hydrogens is 263 g/mol. The molecule has 0 radical (unpaired) electrons. The lowest BCUT2D eigenvalue weighted by molar-refractivity contribution is 0.475. The van der Waals surface area contributed by atoms with Crippen molar-refractivity contribution in [2.24, 2.45) is 0 Å². The fourth-order valence-electron chi connectivity index (χ4n) is 1.19. The third kappa shape index (κ3) is 2.85. The van der Waals surface area contributed by atoms with Crippen LogP contribution in [0.25, 0.3) is 0 Å². The maximum absolute atomic E-state index is 9.29. The van der Waals surface area contributed by atoms with E-state index in [9.17, 15) is 5.11 Å². The Morgan fingerprint density at radius 3 is 2.12 bits per heavy atom. The molecule has 2 aromatic carbocycles. The normalized spacial score (nSPS) is 10.4. The Hall–Kier alpha value is -0.830. The van der Waals surface area contributed by atoms with E-state index < -0.39 is 0 Å². The first-order valence-corrected chi connectivity index (χ1v) is 6.14. The predicted octanol–water partition coefficient (Wildman–Crippen LogP) is 4.85. The quantitative estimate of drug-likeness (QED) is 0.842. The molecule has 0 unspecified atom stereocenters. The van der Waals surface area contributed by atoms with Crippen molar-refractivity contribution >= 4 is 35.0 Å². The molecule has 2 aromatic rings. The Labute approximate surface area is 108 Å². The highest BCUT2D eigenvalue weighted by Gasteiger charge is 2.02. The van der Waals surface area contributed by atoms with Gasteiger partial charge in [0.1, 0.15) is 5.75 Å². The average Bonchev–Trinajstić information content (AvgIpc) is 2.27. The molecule has 4 heteroatoms. The standard InChI is InChI=1S/C12H8Cl2OS/c13-8-1-3-9(4-2-8)16-10-5-6-12(15)11(14)7-10/h1-7,15H. The summed E-state index contributed by atoms with van der Waals surface area (Å²) >= 11 is 13.2. The minimum absolute atomic E-state index is 0.0992. The maximum atomic E-state index is 9.29. The Morgan fingerprint density at radius 2 is 1.50 bits per heavy atom. The van der Waals surface area contributed by atoms with Crippen LogP contribution in [0, 0.1) is 0 Å². The summed E-state index contributed by atoms with van der Waals surface area (Å²) < 4.78 is 0. The van der Waals surface area contributed by atoms with E-state index in [1.807, 2.05) is 30.3 Å². The summed E-state index contributed by atoms with van der Waals surface area (Å²) in [6, 6.07) is 12.7. The minimum Gasteiger partial charge on any atom is -0.506 e. The highest BCUT2D eigenvalue weighted by molar-refractivity contribution is 7.99. The smallest absolute Gasteiger partial charge is 0.134 e. The van der Waals surface area contributed by atoms with Crippen LogP contribution in [0.3, 0.4) is 0 Å². The second-order valence-corrected chi connectivity index (χ2v) is 5.16. The largest absolute Gasteiger partial charge is 0.506 e. The summed E-state index contributed by atoms with van der Waals surface area (Å²) in [5, 5.41) is 10.4. The van der Waals surface area contributed by atoms with Gasteiger partial charge in [-0.3, -0.25) is 0 Å². The van der Waals surface area contributed by atoms with Gasteiger partial charge in [0.25, 0.3) is 0 Å². The first-order valence-electron chi connectivity index (χ1n) is 4.57. The van der Waals surface area contributed by atoms with Gasteiger partial charge in [0.15, 0.2) is 0 Å². The highest BCUT2D eigenvalue weighted by Crippen LogP contribution is 2.33. The van der Waals surface area contributed by atoms with Crippen LogP contribution < -0.4 is 0 Å². The summed E-state index contributed by atoms with van der Waals surface area (Å²) in [5.74, 6) is 0.0992. The summed E-state index contributed by atoms with van der Waals surface area (Å²) in [5.41, 5.74) is 0. The number of benzene rings is 2. The van der Waals surface area contributed by atoms with Gasteiger partial charge in [0, 0.05) is 14.8 Å². The lowest BCUT2D eigenvalue weighted by Gasteiger charge is -2.03. The molecule has 0 atom stereocenters. The molecule has 0 aliphatic heterocycles. The molecule has 2 rings (SSSR count). The van der Waals surface area contributed by atoms with E-state index in [4.69, 9.17) is 23.2 Å². The van der Waals surface area contributed by atoms with Gasteiger partial charge >= 0.3 is 0 Å². The third-order valence-electron chi connectivity index (χ3n) is 1.97. The number of phenolic OH excluding ortho intramolecular Hbond substituents is 1. The zero-order chi connectivity index (χ0) is 11.5. The van der Waals surface area contributed by atoms with E-state index in [1.54, 1.807) is 23.9 Å². The van der Waals surface area contributed by atoms with Crippen LogP contribution in [0.2, 0.25) is 10.0 Å². The van der Waals surface area contributed by atoms with Crippen LogP contribution in [0.4, 0.5) is 0 Å². The Bertz CT molecular complexity index is 497. The number of aromatic hydroxyl groups is 1. The molecule has 1 nitrogen and oxygen atoms in total. The fraction of sp³-hybridized carbons (Fsp3) is 0. The van der Waals surface area contributed by atoms with Crippen molar-refractivity contribution in [3.8, 4) is 5.75 Å². The molecule has 82 valence electrons. The SMILES string of the molecule is Oc1ccc(Sc2ccc(Cl)cc2)cc1Cl. The van der Waals surface area contributed by atoms with Gasteiger partial charge in [0.05, 0.1) is 5.02 Å². The minimum atomic E-state index is 0.0992. The molecule has 0 spiro atoms. The van der Waals surface area contributed by atoms with Crippen molar-refractivity contribution in [3.05, 3.63) is 52.5 Å². The lowest BCUT2D eigenvalue weighted by Crippen LogP contribution is -1.75. The molecule has 0 amide bonds. The number of hydrogen-bond acceptors (Lipinski definition) is 2. The molecule has 0 saturated carbocycles. The van der Waals surface area contributed by atoms with Crippen molar-refractivity contribution < 1.29 is 5.11 Å². The van der Waals surface area contributed by atoms with E-state index in [1.165, 1.54) is 0 Å². The van der Waals surface area contributed by atoms with Gasteiger partial charge in [-0.05, 0) is 42.5 Å². The van der Waals surface area contributed by atoms with Crippen LogP contribution in [0.1, 0.15) is 0 Å². The van der Waals surface area contributed by atoms with Crippen molar-refractivity contribution in [1.29, 1.82) is 0 Å². The first kappa shape index (κ1) is 11.6. The van der Waals surface area contributed by atoms with Gasteiger partial charge < -0.3 is 5.11 Å². The number of phenols is 1. The average molecular weight is 271 g/mol. The number of rotatable bonds is 2. The van der Waals surface area contributed by atoms with Crippen LogP contribution >= 0.6 is 35.0 Å². The summed E-state index contributed by atoms with van der Waals surface area (Å²) in [6.45, 7) is 0. The van der Waals surface area contributed by atoms with E-state index in [0.29, 0.717) is 10.0 Å². The molecular formula is C12H8Cl2OS. The van der Waals surface area contributed by atoms with Gasteiger partial charge in [-0.1, -0.05) is 35.0 Å². The van der Waals surface area contributed by atoms with E-state index in [0.717, 1.165) is 9.79 Å². The fourth-order valence-corrected chi connectivity index (χ4v) is 2.42. The summed E-state index contributed by atoms with van der Waals surface area (Å²) in [7, 11) is 0. The van der Waals surface area contributed by atoms with E-state index in [2.05, 4.69) is 0 Å². The zero-order valence-electron chi connectivity index (χ0n) is 8.15. The van der Waals surface area contributed by atoms with Crippen molar-refractivity contribution in [1.82, 2.24) is 0 Å². The predicted molar refractivity (Wildman–Crippen MR) is 68.7 cm³/mol. The monoisotopic (exact) mass is 270 g/mol. The molecule has 0 heterocycles. The molecule has 0 bridgehead atoms. The summed E-state index contributed by atoms with van der Waals surface area (Å²) in [6.07, 6.45) is 0. The molecule has 1 N–H and O–H groups in total. The van der Waals surface area contributed by atoms with Gasteiger partial charge in [-0.15, -0.1) is 0 Å². The number of halogens is 2. The Balaban J connectivity index is 2.20. The zero-order valence-corrected chi connectivity index (χ0v) is 10.5. The van der Waals surface area contributed by atoms with Crippen molar-refractivity contribution in [2.45, 2.75) is 9.79 Å². The third-order valence-corrected chi connectivity index (χ3v) is 3.52. The topological polar surface area (TPSA) is 20.2 Å². The van der Waals surface area contributed by atoms with Gasteiger partial charge in [0.2, 0.25) is 0 Å². The highest BCUT2D eigenvalue weighted by atomic mass is 35.5. The Morgan fingerprint density at radius 1 is 0.875 bits per heavy atom. The molecule has 16 heavy (non-hydrogen) atoms. The molecule has 0 fully saturated rings. The molecule has 0 aliphatic carbocycles. The maximum Gasteiger partial charge on any atom is 0.134 e. The molecule has 0 aliphatic rings. The van der Waals surface area contributed by atoms with Crippen molar-refractivity contribution in [2.75, 3.05) is 0 Å². The van der Waals surface area contributed by atoms with Crippen LogP contribution in [-0.2, 0) is 0 Å².